The summed E-state index contributed by atoms with van der Waals surface area (Å²) in [6.45, 7) is 0.458. The van der Waals surface area contributed by atoms with Crippen LogP contribution in [0.1, 0.15) is 49.7 Å². The Hall–Kier alpha value is -3.16. The number of halogens is 2. The van der Waals surface area contributed by atoms with Crippen LogP contribution < -0.4 is 20.5 Å². The second kappa shape index (κ2) is 15.6. The van der Waals surface area contributed by atoms with Gasteiger partial charge in [-0.3, -0.25) is 4.79 Å². The summed E-state index contributed by atoms with van der Waals surface area (Å²) in [5.74, 6) is -0.516. The van der Waals surface area contributed by atoms with E-state index in [1.165, 1.54) is 13.2 Å². The molecule has 0 amide bonds. The number of nitrogen functional groups attached to an aromatic ring is 1. The number of esters is 2. The number of methoxy groups -OCH3 is 1. The van der Waals surface area contributed by atoms with Crippen LogP contribution in [0.15, 0.2) is 45.4 Å². The van der Waals surface area contributed by atoms with E-state index < -0.39 is 17.0 Å². The molecule has 11 nitrogen and oxygen atoms in total. The molecule has 0 spiro atoms. The van der Waals surface area contributed by atoms with Crippen molar-refractivity contribution in [2.24, 2.45) is 0 Å². The van der Waals surface area contributed by atoms with Crippen LogP contribution in [0, 0.1) is 10.1 Å². The molecule has 0 bridgehead atoms. The highest BCUT2D eigenvalue weighted by Gasteiger charge is 2.23. The summed E-state index contributed by atoms with van der Waals surface area (Å²) in [4.78, 5) is 38.7. The molecule has 2 aromatic rings. The lowest BCUT2D eigenvalue weighted by Gasteiger charge is -2.29. The third kappa shape index (κ3) is 10.1. The molecule has 40 heavy (non-hydrogen) atoms. The molecule has 0 saturated heterocycles. The van der Waals surface area contributed by atoms with E-state index in [2.05, 4.69) is 42.0 Å². The van der Waals surface area contributed by atoms with Gasteiger partial charge in [0.1, 0.15) is 6.10 Å². The van der Waals surface area contributed by atoms with Gasteiger partial charge >= 0.3 is 11.9 Å². The molecule has 216 valence electrons. The van der Waals surface area contributed by atoms with Crippen LogP contribution >= 0.6 is 31.9 Å². The third-order valence-corrected chi connectivity index (χ3v) is 7.38. The summed E-state index contributed by atoms with van der Waals surface area (Å²) >= 11 is 6.96. The zero-order valence-corrected chi connectivity index (χ0v) is 25.1. The number of rotatable bonds is 13. The average Bonchev–Trinajstić information content (AvgIpc) is 2.92. The number of anilines is 1. The van der Waals surface area contributed by atoms with Gasteiger partial charge in [-0.1, -0.05) is 22.0 Å². The summed E-state index contributed by atoms with van der Waals surface area (Å²) in [5, 5.41) is 12.8. The van der Waals surface area contributed by atoms with Crippen LogP contribution in [-0.2, 0) is 25.7 Å². The highest BCUT2D eigenvalue weighted by Crippen LogP contribution is 2.30. The molecular formula is C27H31Br2N3O8. The van der Waals surface area contributed by atoms with Crippen molar-refractivity contribution in [3.8, 4) is 11.5 Å². The van der Waals surface area contributed by atoms with Gasteiger partial charge in [-0.15, -0.1) is 10.1 Å². The van der Waals surface area contributed by atoms with Crippen molar-refractivity contribution < 1.29 is 33.7 Å². The van der Waals surface area contributed by atoms with E-state index in [1.807, 2.05) is 12.1 Å². The first-order valence-corrected chi connectivity index (χ1v) is 14.2. The van der Waals surface area contributed by atoms with Gasteiger partial charge in [-0.05, 0) is 89.5 Å². The number of carbonyl (C=O) groups is 2. The summed E-state index contributed by atoms with van der Waals surface area (Å²) in [6, 6.07) is 9.07. The maximum atomic E-state index is 12.4. The lowest BCUT2D eigenvalue weighted by molar-refractivity contribution is -0.757. The fourth-order valence-corrected chi connectivity index (χ4v) is 5.51. The van der Waals surface area contributed by atoms with E-state index in [0.29, 0.717) is 23.9 Å². The van der Waals surface area contributed by atoms with E-state index in [4.69, 9.17) is 19.9 Å². The van der Waals surface area contributed by atoms with E-state index in [0.717, 1.165) is 45.9 Å². The lowest BCUT2D eigenvalue weighted by Crippen LogP contribution is -2.35. The van der Waals surface area contributed by atoms with E-state index in [9.17, 15) is 19.7 Å². The second-order valence-electron chi connectivity index (χ2n) is 9.13. The Morgan fingerprint density at radius 3 is 2.60 bits per heavy atom. The Labute approximate surface area is 248 Å². The minimum Gasteiger partial charge on any atom is -0.493 e. The Bertz CT molecular complexity index is 1230. The van der Waals surface area contributed by atoms with Gasteiger partial charge in [0.25, 0.3) is 5.09 Å². The molecule has 1 saturated carbocycles. The molecule has 3 N–H and O–H groups in total. The second-order valence-corrected chi connectivity index (χ2v) is 10.9. The van der Waals surface area contributed by atoms with Gasteiger partial charge in [0.2, 0.25) is 0 Å². The first-order valence-electron chi connectivity index (χ1n) is 12.7. The maximum Gasteiger partial charge on any atom is 0.331 e. The topological polar surface area (TPSA) is 152 Å². The van der Waals surface area contributed by atoms with Crippen LogP contribution in [0.2, 0.25) is 0 Å². The predicted molar refractivity (Wildman–Crippen MR) is 155 cm³/mol. The fraction of sp³-hybridized carbons (Fsp3) is 0.407. The largest absolute Gasteiger partial charge is 0.493 e. The molecule has 0 unspecified atom stereocenters. The van der Waals surface area contributed by atoms with Crippen molar-refractivity contribution in [3.63, 3.8) is 0 Å². The molecule has 1 fully saturated rings. The van der Waals surface area contributed by atoms with Crippen LogP contribution in [0.3, 0.4) is 0 Å². The van der Waals surface area contributed by atoms with Gasteiger partial charge in [0.15, 0.2) is 11.5 Å². The van der Waals surface area contributed by atoms with Crippen molar-refractivity contribution in [2.75, 3.05) is 19.5 Å². The normalized spacial score (nSPS) is 16.9. The number of hydrogen-bond acceptors (Lipinski definition) is 10. The highest BCUT2D eigenvalue weighted by atomic mass is 79.9. The van der Waals surface area contributed by atoms with Crippen molar-refractivity contribution >= 4 is 55.6 Å². The molecule has 1 aliphatic rings. The van der Waals surface area contributed by atoms with Crippen molar-refractivity contribution in [1.29, 1.82) is 0 Å². The summed E-state index contributed by atoms with van der Waals surface area (Å²) < 4.78 is 18.0. The number of nitrogens with one attached hydrogen (secondary N) is 1. The summed E-state index contributed by atoms with van der Waals surface area (Å²) in [5.41, 5.74) is 8.55. The molecule has 3 rings (SSSR count). The van der Waals surface area contributed by atoms with Gasteiger partial charge < -0.3 is 30.1 Å². The van der Waals surface area contributed by atoms with Crippen molar-refractivity contribution in [1.82, 2.24) is 5.32 Å². The molecule has 13 heteroatoms. The number of hydrogen-bond donors (Lipinski definition) is 2. The third-order valence-electron chi connectivity index (χ3n) is 6.26. The Morgan fingerprint density at radius 2 is 1.90 bits per heavy atom. The molecule has 1 aliphatic carbocycles. The quantitative estimate of drug-likeness (QED) is 0.0537. The monoisotopic (exact) mass is 683 g/mol. The fourth-order valence-electron chi connectivity index (χ4n) is 4.19. The Morgan fingerprint density at radius 1 is 1.15 bits per heavy atom. The summed E-state index contributed by atoms with van der Waals surface area (Å²) in [7, 11) is 1.43. The first-order chi connectivity index (χ1) is 19.1. The number of nitrogens with two attached hydrogens (primary N) is 1. The van der Waals surface area contributed by atoms with Crippen LogP contribution in [0.5, 0.6) is 11.5 Å². The van der Waals surface area contributed by atoms with Gasteiger partial charge in [-0.2, -0.15) is 0 Å². The smallest absolute Gasteiger partial charge is 0.331 e. The van der Waals surface area contributed by atoms with Crippen LogP contribution in [0.4, 0.5) is 5.69 Å². The first kappa shape index (κ1) is 31.4. The summed E-state index contributed by atoms with van der Waals surface area (Å²) in [6.07, 6.45) is 6.19. The molecule has 0 radical (unpaired) electrons. The minimum absolute atomic E-state index is 0.0555. The highest BCUT2D eigenvalue weighted by molar-refractivity contribution is 9.11. The number of benzene rings is 2. The van der Waals surface area contributed by atoms with Crippen LogP contribution in [0.25, 0.3) is 6.08 Å². The number of carbonyl (C=O) groups excluding carboxylic acids is 2. The SMILES string of the molecule is COc1cc(C=CC(=O)OC2CCC(NCc3cc(Br)cc(Br)c3N)CC2)ccc1OC(=O)CCCO[N+](=O)[O-]. The molecule has 0 aromatic heterocycles. The standard InChI is InChI=1S/C27H31Br2N3O8/c1-37-24-13-17(4-10-23(24)40-25(33)3-2-12-38-32(35)36)5-11-26(34)39-21-8-6-20(7-9-21)31-16-18-14-19(28)15-22(29)27(18)30/h4-5,10-11,13-15,20-21,31H,2-3,6-9,12,16,30H2,1H3. The minimum atomic E-state index is -0.914. The zero-order valence-electron chi connectivity index (χ0n) is 21.9. The lowest BCUT2D eigenvalue weighted by atomic mass is 9.92. The molecule has 0 heterocycles. The molecule has 0 atom stereocenters. The average molecular weight is 685 g/mol. The molecule has 0 aliphatic heterocycles. The predicted octanol–water partition coefficient (Wildman–Crippen LogP) is 5.35. The maximum absolute atomic E-state index is 12.4. The molecular weight excluding hydrogens is 654 g/mol. The van der Waals surface area contributed by atoms with E-state index in [-0.39, 0.29) is 31.3 Å². The van der Waals surface area contributed by atoms with Crippen molar-refractivity contribution in [3.05, 3.63) is 66.6 Å². The van der Waals surface area contributed by atoms with Crippen LogP contribution in [-0.4, -0.2) is 42.9 Å². The molecule has 2 aromatic carbocycles. The zero-order chi connectivity index (χ0) is 29.1. The van der Waals surface area contributed by atoms with E-state index >= 15 is 0 Å². The Kier molecular flexibility index (Phi) is 12.2. The van der Waals surface area contributed by atoms with Gasteiger partial charge in [0, 0.05) is 34.0 Å². The Balaban J connectivity index is 1.42. The van der Waals surface area contributed by atoms with E-state index in [1.54, 1.807) is 24.3 Å². The number of nitrogens with zero attached hydrogens (tertiary/aromatic N) is 1. The van der Waals surface area contributed by atoms with Gasteiger partial charge in [0.05, 0.1) is 19.4 Å². The van der Waals surface area contributed by atoms with Gasteiger partial charge in [-0.25, -0.2) is 4.79 Å². The number of ether oxygens (including phenoxy) is 3. The van der Waals surface area contributed by atoms with Crippen molar-refractivity contribution in [2.45, 2.75) is 57.2 Å².